The van der Waals surface area contributed by atoms with E-state index in [1.165, 1.54) is 18.4 Å². The minimum atomic E-state index is -2.94. The van der Waals surface area contributed by atoms with Crippen LogP contribution in [0.25, 0.3) is 5.69 Å². The number of fused-ring (bicyclic) bond motifs is 1. The molecule has 3 heterocycles. The van der Waals surface area contributed by atoms with Crippen molar-refractivity contribution in [3.8, 4) is 5.69 Å². The van der Waals surface area contributed by atoms with Gasteiger partial charge in [-0.2, -0.15) is 5.10 Å². The summed E-state index contributed by atoms with van der Waals surface area (Å²) in [5.41, 5.74) is 2.25. The predicted molar refractivity (Wildman–Crippen MR) is 105 cm³/mol. The zero-order valence-electron chi connectivity index (χ0n) is 15.4. The summed E-state index contributed by atoms with van der Waals surface area (Å²) in [6, 6.07) is 10.6. The van der Waals surface area contributed by atoms with Gasteiger partial charge in [-0.15, -0.1) is 0 Å². The maximum Gasteiger partial charge on any atom is 0.153 e. The summed E-state index contributed by atoms with van der Waals surface area (Å²) in [7, 11) is -2.94. The number of hydrogen-bond acceptors (Lipinski definition) is 5. The van der Waals surface area contributed by atoms with Gasteiger partial charge < -0.3 is 0 Å². The van der Waals surface area contributed by atoms with Crippen LogP contribution >= 0.6 is 0 Å². The van der Waals surface area contributed by atoms with Crippen LogP contribution in [-0.4, -0.2) is 71.2 Å². The third kappa shape index (κ3) is 3.68. The maximum atomic E-state index is 12.4. The molecule has 2 aromatic rings. The van der Waals surface area contributed by atoms with Crippen LogP contribution in [0.1, 0.15) is 18.4 Å². The van der Waals surface area contributed by atoms with Crippen molar-refractivity contribution in [3.63, 3.8) is 0 Å². The zero-order chi connectivity index (χ0) is 18.4. The average molecular weight is 387 g/mol. The van der Waals surface area contributed by atoms with Gasteiger partial charge in [-0.1, -0.05) is 12.1 Å². The molecule has 0 radical (unpaired) electrons. The van der Waals surface area contributed by atoms with Gasteiger partial charge in [0.05, 0.1) is 17.2 Å². The van der Waals surface area contributed by atoms with Crippen LogP contribution in [0.4, 0.5) is 0 Å². The fraction of sp³-hybridized carbons (Fsp3) is 0.550. The molecular formula is C20H26N4O2S. The van der Waals surface area contributed by atoms with Gasteiger partial charge in [-0.3, -0.25) is 9.80 Å². The summed E-state index contributed by atoms with van der Waals surface area (Å²) in [6.07, 6.45) is 6.34. The number of piperazine rings is 1. The third-order valence-electron chi connectivity index (χ3n) is 6.16. The molecule has 3 fully saturated rings. The van der Waals surface area contributed by atoms with E-state index in [4.69, 9.17) is 0 Å². The number of rotatable bonds is 5. The minimum absolute atomic E-state index is 0.121. The van der Waals surface area contributed by atoms with E-state index in [1.807, 2.05) is 23.0 Å². The Morgan fingerprint density at radius 3 is 2.56 bits per heavy atom. The second-order valence-electron chi connectivity index (χ2n) is 8.24. The molecule has 2 atom stereocenters. The molecule has 0 N–H and O–H groups in total. The Balaban J connectivity index is 1.35. The van der Waals surface area contributed by atoms with Crippen molar-refractivity contribution in [2.75, 3.05) is 31.1 Å². The molecule has 2 saturated heterocycles. The summed E-state index contributed by atoms with van der Waals surface area (Å²) in [4.78, 5) is 4.85. The lowest BCUT2D eigenvalue weighted by molar-refractivity contribution is 0.0376. The summed E-state index contributed by atoms with van der Waals surface area (Å²) >= 11 is 0. The molecule has 2 aliphatic heterocycles. The van der Waals surface area contributed by atoms with E-state index in [-0.39, 0.29) is 12.1 Å². The van der Waals surface area contributed by atoms with Crippen molar-refractivity contribution in [3.05, 3.63) is 48.3 Å². The van der Waals surface area contributed by atoms with Gasteiger partial charge in [0.2, 0.25) is 0 Å². The normalized spacial score (nSPS) is 28.3. The van der Waals surface area contributed by atoms with Crippen LogP contribution in [-0.2, 0) is 16.4 Å². The second-order valence-corrected chi connectivity index (χ2v) is 10.4. The highest BCUT2D eigenvalue weighted by atomic mass is 32.2. The fourth-order valence-corrected chi connectivity index (χ4v) is 6.65. The Hall–Kier alpha value is -1.70. The first-order valence-electron chi connectivity index (χ1n) is 9.85. The van der Waals surface area contributed by atoms with Crippen molar-refractivity contribution in [1.82, 2.24) is 19.6 Å². The van der Waals surface area contributed by atoms with E-state index in [0.29, 0.717) is 11.5 Å². The van der Waals surface area contributed by atoms with Crippen molar-refractivity contribution in [1.29, 1.82) is 0 Å². The summed E-state index contributed by atoms with van der Waals surface area (Å²) in [5.74, 6) is 1.43. The third-order valence-corrected chi connectivity index (χ3v) is 7.86. The Morgan fingerprint density at radius 1 is 1.04 bits per heavy atom. The largest absolute Gasteiger partial charge is 0.296 e. The zero-order valence-corrected chi connectivity index (χ0v) is 16.3. The molecule has 1 aromatic carbocycles. The van der Waals surface area contributed by atoms with Crippen molar-refractivity contribution < 1.29 is 8.42 Å². The lowest BCUT2D eigenvalue weighted by atomic mass is 10.0. The smallest absolute Gasteiger partial charge is 0.153 e. The van der Waals surface area contributed by atoms with E-state index in [0.717, 1.165) is 37.8 Å². The maximum absolute atomic E-state index is 12.4. The van der Waals surface area contributed by atoms with Crippen molar-refractivity contribution in [2.45, 2.75) is 31.5 Å². The standard InChI is InChI=1S/C20H26N4O2S/c25-27(26)14-19-20(15-27)23(10-9-22(19)12-16-5-6-16)13-17-3-1-4-18(11-17)24-8-2-7-21-24/h1-4,7-8,11,16,19-20H,5-6,9-10,12-15H2/t19-,20+/m1/s1. The summed E-state index contributed by atoms with van der Waals surface area (Å²) in [5, 5.41) is 4.31. The Bertz CT molecular complexity index is 908. The van der Waals surface area contributed by atoms with E-state index < -0.39 is 9.84 Å². The number of hydrogen-bond donors (Lipinski definition) is 0. The van der Waals surface area contributed by atoms with E-state index in [2.05, 4.69) is 33.1 Å². The molecule has 6 nitrogen and oxygen atoms in total. The van der Waals surface area contributed by atoms with E-state index in [9.17, 15) is 8.42 Å². The Kier molecular flexibility index (Phi) is 4.33. The molecule has 0 spiro atoms. The summed E-state index contributed by atoms with van der Waals surface area (Å²) in [6.45, 7) is 3.80. The van der Waals surface area contributed by atoms with Gasteiger partial charge in [-0.25, -0.2) is 13.1 Å². The first-order chi connectivity index (χ1) is 13.1. The van der Waals surface area contributed by atoms with Gasteiger partial charge >= 0.3 is 0 Å². The van der Waals surface area contributed by atoms with Crippen LogP contribution in [0.5, 0.6) is 0 Å². The van der Waals surface area contributed by atoms with Crippen LogP contribution in [0.2, 0.25) is 0 Å². The lowest BCUT2D eigenvalue weighted by Gasteiger charge is -2.44. The molecule has 0 amide bonds. The van der Waals surface area contributed by atoms with Crippen molar-refractivity contribution >= 4 is 9.84 Å². The Labute approximate surface area is 160 Å². The molecule has 7 heteroatoms. The van der Waals surface area contributed by atoms with Gasteiger partial charge in [0.1, 0.15) is 0 Å². The van der Waals surface area contributed by atoms with E-state index in [1.54, 1.807) is 6.20 Å². The fourth-order valence-electron chi connectivity index (χ4n) is 4.61. The molecule has 5 rings (SSSR count). The molecule has 27 heavy (non-hydrogen) atoms. The van der Waals surface area contributed by atoms with Gasteiger partial charge in [0.25, 0.3) is 0 Å². The van der Waals surface area contributed by atoms with Crippen LogP contribution in [0.3, 0.4) is 0 Å². The first-order valence-corrected chi connectivity index (χ1v) is 11.7. The molecule has 0 bridgehead atoms. The molecule has 1 aromatic heterocycles. The van der Waals surface area contributed by atoms with E-state index >= 15 is 0 Å². The van der Waals surface area contributed by atoms with Gasteiger partial charge in [0, 0.05) is 50.7 Å². The number of sulfone groups is 1. The number of benzene rings is 1. The quantitative estimate of drug-likeness (QED) is 0.781. The van der Waals surface area contributed by atoms with Gasteiger partial charge in [0.15, 0.2) is 9.84 Å². The first kappa shape index (κ1) is 17.4. The van der Waals surface area contributed by atoms with Crippen LogP contribution < -0.4 is 0 Å². The second kappa shape index (κ2) is 6.72. The lowest BCUT2D eigenvalue weighted by Crippen LogP contribution is -2.59. The molecule has 1 saturated carbocycles. The van der Waals surface area contributed by atoms with Crippen molar-refractivity contribution in [2.24, 2.45) is 5.92 Å². The molecular weight excluding hydrogens is 360 g/mol. The topological polar surface area (TPSA) is 58.4 Å². The SMILES string of the molecule is O=S1(=O)C[C@@H]2[C@H](C1)N(Cc1cccc(-n3cccn3)c1)CCN2CC1CC1. The predicted octanol–water partition coefficient (Wildman–Crippen LogP) is 1.57. The number of nitrogens with zero attached hydrogens (tertiary/aromatic N) is 4. The highest BCUT2D eigenvalue weighted by Crippen LogP contribution is 2.34. The highest BCUT2D eigenvalue weighted by Gasteiger charge is 2.47. The monoisotopic (exact) mass is 386 g/mol. The highest BCUT2D eigenvalue weighted by molar-refractivity contribution is 7.91. The minimum Gasteiger partial charge on any atom is -0.296 e. The molecule has 0 unspecified atom stereocenters. The average Bonchev–Trinajstić information content (AvgIpc) is 3.16. The summed E-state index contributed by atoms with van der Waals surface area (Å²) < 4.78 is 26.6. The number of aromatic nitrogens is 2. The Morgan fingerprint density at radius 2 is 1.81 bits per heavy atom. The molecule has 1 aliphatic carbocycles. The molecule has 3 aliphatic rings. The van der Waals surface area contributed by atoms with Gasteiger partial charge in [-0.05, 0) is 42.5 Å². The van der Waals surface area contributed by atoms with Crippen LogP contribution in [0.15, 0.2) is 42.7 Å². The van der Waals surface area contributed by atoms with Crippen LogP contribution in [0, 0.1) is 5.92 Å². The molecule has 144 valence electrons.